The highest BCUT2D eigenvalue weighted by Crippen LogP contribution is 2.40. The first-order valence-electron chi connectivity index (χ1n) is 7.16. The van der Waals surface area contributed by atoms with E-state index in [0.29, 0.717) is 4.58 Å². The number of thioether (sulfide) groups is 2. The quantitative estimate of drug-likeness (QED) is 0.242. The zero-order chi connectivity index (χ0) is 14.8. The second-order valence-corrected chi connectivity index (χ2v) is 7.35. The van der Waals surface area contributed by atoms with Crippen molar-refractivity contribution in [2.24, 2.45) is 0 Å². The Morgan fingerprint density at radius 1 is 1.05 bits per heavy atom. The predicted octanol–water partition coefficient (Wildman–Crippen LogP) is 5.66. The Morgan fingerprint density at radius 3 is 1.95 bits per heavy atom. The molecule has 5 heteroatoms. The van der Waals surface area contributed by atoms with E-state index in [0.717, 1.165) is 11.5 Å². The number of rotatable bonds is 10. The van der Waals surface area contributed by atoms with Crippen LogP contribution in [0.25, 0.3) is 0 Å². The van der Waals surface area contributed by atoms with Crippen LogP contribution in [0.4, 0.5) is 5.69 Å². The summed E-state index contributed by atoms with van der Waals surface area (Å²) in [7, 11) is 0. The summed E-state index contributed by atoms with van der Waals surface area (Å²) >= 11 is 3.91. The highest BCUT2D eigenvalue weighted by atomic mass is 32.2. The molecule has 0 atom stereocenters. The van der Waals surface area contributed by atoms with Gasteiger partial charge >= 0.3 is 0 Å². The van der Waals surface area contributed by atoms with Crippen LogP contribution >= 0.6 is 23.5 Å². The number of unbranched alkanes of at least 4 members (excludes halogenated alkanes) is 2. The molecule has 0 N–H and O–H groups in total. The molecule has 1 rings (SSSR count). The van der Waals surface area contributed by atoms with E-state index in [9.17, 15) is 10.1 Å². The molecule has 0 saturated heterocycles. The van der Waals surface area contributed by atoms with Crippen LogP contribution in [0.15, 0.2) is 24.3 Å². The van der Waals surface area contributed by atoms with Crippen molar-refractivity contribution in [3.05, 3.63) is 39.9 Å². The molecule has 0 aliphatic carbocycles. The van der Waals surface area contributed by atoms with Gasteiger partial charge in [-0.05, 0) is 29.9 Å². The lowest BCUT2D eigenvalue weighted by Crippen LogP contribution is -1.95. The fourth-order valence-corrected chi connectivity index (χ4v) is 4.66. The Balaban J connectivity index is 2.66. The lowest BCUT2D eigenvalue weighted by molar-refractivity contribution is -0.384. The van der Waals surface area contributed by atoms with Crippen molar-refractivity contribution in [2.75, 3.05) is 11.5 Å². The number of nitrogens with zero attached hydrogens (tertiary/aromatic N) is 1. The van der Waals surface area contributed by atoms with Gasteiger partial charge in [0.1, 0.15) is 0 Å². The summed E-state index contributed by atoms with van der Waals surface area (Å²) in [4.78, 5) is 10.4. The zero-order valence-corrected chi connectivity index (χ0v) is 13.8. The fraction of sp³-hybridized carbons (Fsp3) is 0.600. The van der Waals surface area contributed by atoms with E-state index in [1.54, 1.807) is 12.1 Å². The van der Waals surface area contributed by atoms with Crippen LogP contribution in [-0.2, 0) is 0 Å². The summed E-state index contributed by atoms with van der Waals surface area (Å²) in [5.41, 5.74) is 1.36. The fourth-order valence-electron chi connectivity index (χ4n) is 1.66. The first kappa shape index (κ1) is 17.4. The third kappa shape index (κ3) is 6.18. The Kier molecular flexibility index (Phi) is 8.78. The maximum absolute atomic E-state index is 10.7. The van der Waals surface area contributed by atoms with E-state index in [-0.39, 0.29) is 10.6 Å². The molecule has 0 aliphatic heterocycles. The van der Waals surface area contributed by atoms with Gasteiger partial charge < -0.3 is 0 Å². The molecule has 0 radical (unpaired) electrons. The van der Waals surface area contributed by atoms with E-state index < -0.39 is 0 Å². The van der Waals surface area contributed by atoms with Gasteiger partial charge in [-0.15, -0.1) is 23.5 Å². The molecule has 1 aromatic rings. The lowest BCUT2D eigenvalue weighted by Gasteiger charge is -2.16. The molecule has 112 valence electrons. The number of nitro benzene ring substituents is 1. The minimum atomic E-state index is -0.340. The predicted molar refractivity (Wildman–Crippen MR) is 90.6 cm³/mol. The smallest absolute Gasteiger partial charge is 0.258 e. The SMILES string of the molecule is CCCCSC(SCCCC)c1ccc([N+](=O)[O-])cc1. The summed E-state index contributed by atoms with van der Waals surface area (Å²) < 4.78 is 0.397. The van der Waals surface area contributed by atoms with Gasteiger partial charge in [0.05, 0.1) is 9.51 Å². The molecule has 3 nitrogen and oxygen atoms in total. The van der Waals surface area contributed by atoms with Crippen molar-refractivity contribution in [1.29, 1.82) is 0 Å². The van der Waals surface area contributed by atoms with Gasteiger partial charge in [0.2, 0.25) is 0 Å². The molecule has 20 heavy (non-hydrogen) atoms. The molecule has 0 bridgehead atoms. The van der Waals surface area contributed by atoms with Gasteiger partial charge in [-0.1, -0.05) is 38.8 Å². The Morgan fingerprint density at radius 2 is 1.55 bits per heavy atom. The Bertz CT molecular complexity index is 385. The van der Waals surface area contributed by atoms with Crippen molar-refractivity contribution >= 4 is 29.2 Å². The number of nitro groups is 1. The molecule has 0 aliphatic rings. The monoisotopic (exact) mass is 313 g/mol. The van der Waals surface area contributed by atoms with E-state index in [4.69, 9.17) is 0 Å². The van der Waals surface area contributed by atoms with Crippen LogP contribution in [0.3, 0.4) is 0 Å². The molecular weight excluding hydrogens is 290 g/mol. The number of benzene rings is 1. The van der Waals surface area contributed by atoms with Crippen LogP contribution in [-0.4, -0.2) is 16.4 Å². The second kappa shape index (κ2) is 10.1. The Labute approximate surface area is 130 Å². The first-order valence-corrected chi connectivity index (χ1v) is 9.26. The molecule has 0 amide bonds. The molecule has 0 aromatic heterocycles. The number of hydrogen-bond donors (Lipinski definition) is 0. The van der Waals surface area contributed by atoms with Gasteiger partial charge in [-0.3, -0.25) is 10.1 Å². The summed E-state index contributed by atoms with van der Waals surface area (Å²) in [5.74, 6) is 2.30. The molecular formula is C15H23NO2S2. The molecule has 0 fully saturated rings. The van der Waals surface area contributed by atoms with Gasteiger partial charge in [-0.2, -0.15) is 0 Å². The number of non-ortho nitro benzene ring substituents is 1. The van der Waals surface area contributed by atoms with Crippen molar-refractivity contribution in [3.8, 4) is 0 Å². The van der Waals surface area contributed by atoms with Crippen molar-refractivity contribution in [1.82, 2.24) is 0 Å². The normalized spacial score (nSPS) is 10.9. The largest absolute Gasteiger partial charge is 0.269 e. The maximum Gasteiger partial charge on any atom is 0.269 e. The van der Waals surface area contributed by atoms with Crippen LogP contribution in [0, 0.1) is 10.1 Å². The number of hydrogen-bond acceptors (Lipinski definition) is 4. The van der Waals surface area contributed by atoms with Gasteiger partial charge in [0.15, 0.2) is 0 Å². The molecule has 0 saturated carbocycles. The van der Waals surface area contributed by atoms with Gasteiger partial charge in [0.25, 0.3) is 5.69 Å². The van der Waals surface area contributed by atoms with E-state index in [2.05, 4.69) is 13.8 Å². The molecule has 0 heterocycles. The zero-order valence-electron chi connectivity index (χ0n) is 12.2. The third-order valence-electron chi connectivity index (χ3n) is 2.91. The van der Waals surface area contributed by atoms with Crippen LogP contribution in [0.2, 0.25) is 0 Å². The summed E-state index contributed by atoms with van der Waals surface area (Å²) in [6.45, 7) is 4.40. The lowest BCUT2D eigenvalue weighted by atomic mass is 10.2. The van der Waals surface area contributed by atoms with Crippen LogP contribution in [0.1, 0.15) is 49.7 Å². The molecule has 0 spiro atoms. The van der Waals surface area contributed by atoms with E-state index >= 15 is 0 Å². The topological polar surface area (TPSA) is 43.1 Å². The molecule has 1 aromatic carbocycles. The minimum absolute atomic E-state index is 0.171. The average molecular weight is 313 g/mol. The summed E-state index contributed by atoms with van der Waals surface area (Å²) in [6.07, 6.45) is 4.87. The van der Waals surface area contributed by atoms with Crippen LogP contribution < -0.4 is 0 Å². The third-order valence-corrected chi connectivity index (χ3v) is 5.93. The average Bonchev–Trinajstić information content (AvgIpc) is 2.46. The highest BCUT2D eigenvalue weighted by Gasteiger charge is 2.14. The molecule has 0 unspecified atom stereocenters. The highest BCUT2D eigenvalue weighted by molar-refractivity contribution is 8.16. The van der Waals surface area contributed by atoms with Gasteiger partial charge in [0, 0.05) is 12.1 Å². The van der Waals surface area contributed by atoms with E-state index in [1.165, 1.54) is 31.2 Å². The Hall–Kier alpha value is -0.680. The van der Waals surface area contributed by atoms with E-state index in [1.807, 2.05) is 35.7 Å². The minimum Gasteiger partial charge on any atom is -0.258 e. The summed E-state index contributed by atoms with van der Waals surface area (Å²) in [6, 6.07) is 7.04. The standard InChI is InChI=1S/C15H23NO2S2/c1-3-5-11-19-15(20-12-6-4-2)13-7-9-14(10-8-13)16(17)18/h7-10,15H,3-6,11-12H2,1-2H3. The van der Waals surface area contributed by atoms with Crippen molar-refractivity contribution < 1.29 is 4.92 Å². The van der Waals surface area contributed by atoms with Gasteiger partial charge in [-0.25, -0.2) is 0 Å². The first-order chi connectivity index (χ1) is 9.69. The van der Waals surface area contributed by atoms with Crippen molar-refractivity contribution in [2.45, 2.75) is 44.1 Å². The second-order valence-electron chi connectivity index (χ2n) is 4.63. The summed E-state index contributed by atoms with van der Waals surface area (Å²) in [5, 5.41) is 10.7. The van der Waals surface area contributed by atoms with Crippen molar-refractivity contribution in [3.63, 3.8) is 0 Å². The maximum atomic E-state index is 10.7. The van der Waals surface area contributed by atoms with Crippen LogP contribution in [0.5, 0.6) is 0 Å².